The molecule has 0 N–H and O–H groups in total. The molecule has 0 atom stereocenters. The van der Waals surface area contributed by atoms with Gasteiger partial charge < -0.3 is 0 Å². The lowest BCUT2D eigenvalue weighted by Gasteiger charge is -2.00. The fourth-order valence-electron chi connectivity index (χ4n) is 1.23. The van der Waals surface area contributed by atoms with Gasteiger partial charge in [-0.15, -0.1) is 5.10 Å². The van der Waals surface area contributed by atoms with Crippen LogP contribution < -0.4 is 0 Å². The summed E-state index contributed by atoms with van der Waals surface area (Å²) in [7, 11) is 0. The highest BCUT2D eigenvalue weighted by Crippen LogP contribution is 2.13. The van der Waals surface area contributed by atoms with Crippen LogP contribution in [-0.2, 0) is 6.54 Å². The molecule has 2 aromatic rings. The van der Waals surface area contributed by atoms with Crippen molar-refractivity contribution in [3.63, 3.8) is 0 Å². The van der Waals surface area contributed by atoms with Crippen molar-refractivity contribution in [2.45, 2.75) is 6.54 Å². The first-order valence-electron chi connectivity index (χ1n) is 4.34. The number of hydrogen-bond donors (Lipinski definition) is 0. The van der Waals surface area contributed by atoms with Crippen LogP contribution in [0.2, 0.25) is 5.15 Å². The number of halogens is 1. The summed E-state index contributed by atoms with van der Waals surface area (Å²) < 4.78 is 1.50. The van der Waals surface area contributed by atoms with Gasteiger partial charge in [-0.3, -0.25) is 0 Å². The van der Waals surface area contributed by atoms with Gasteiger partial charge in [-0.1, -0.05) is 47.1 Å². The number of aromatic nitrogens is 3. The van der Waals surface area contributed by atoms with Crippen molar-refractivity contribution in [1.29, 1.82) is 5.26 Å². The van der Waals surface area contributed by atoms with E-state index in [9.17, 15) is 0 Å². The third-order valence-corrected chi connectivity index (χ3v) is 2.33. The van der Waals surface area contributed by atoms with Crippen molar-refractivity contribution in [2.75, 3.05) is 0 Å². The van der Waals surface area contributed by atoms with E-state index in [4.69, 9.17) is 16.9 Å². The molecule has 5 heteroatoms. The van der Waals surface area contributed by atoms with Crippen molar-refractivity contribution < 1.29 is 0 Å². The van der Waals surface area contributed by atoms with Crippen LogP contribution in [0.15, 0.2) is 30.3 Å². The maximum atomic E-state index is 8.65. The van der Waals surface area contributed by atoms with Crippen LogP contribution in [0.25, 0.3) is 0 Å². The van der Waals surface area contributed by atoms with Crippen molar-refractivity contribution in [2.24, 2.45) is 0 Å². The molecule has 1 aromatic heterocycles. The van der Waals surface area contributed by atoms with E-state index < -0.39 is 0 Å². The Hall–Kier alpha value is -1.86. The largest absolute Gasteiger partial charge is 0.228 e. The Morgan fingerprint density at radius 1 is 1.33 bits per heavy atom. The van der Waals surface area contributed by atoms with Crippen molar-refractivity contribution in [1.82, 2.24) is 15.0 Å². The molecular weight excluding hydrogens is 212 g/mol. The smallest absolute Gasteiger partial charge is 0.201 e. The Bertz CT molecular complexity index is 498. The quantitative estimate of drug-likeness (QED) is 0.773. The zero-order valence-corrected chi connectivity index (χ0v) is 8.52. The van der Waals surface area contributed by atoms with Gasteiger partial charge in [0.15, 0.2) is 5.15 Å². The molecule has 0 fully saturated rings. The molecule has 2 rings (SSSR count). The molecule has 0 aliphatic heterocycles. The maximum absolute atomic E-state index is 8.65. The summed E-state index contributed by atoms with van der Waals surface area (Å²) in [5.74, 6) is 0. The van der Waals surface area contributed by atoms with Crippen molar-refractivity contribution in [3.05, 3.63) is 46.7 Å². The standard InChI is InChI=1S/C10H7ClN4/c11-10-9(6-12)13-14-15(10)7-8-4-2-1-3-5-8/h1-5H,7H2. The molecule has 1 heterocycles. The summed E-state index contributed by atoms with van der Waals surface area (Å²) in [4.78, 5) is 0. The summed E-state index contributed by atoms with van der Waals surface area (Å²) in [5.41, 5.74) is 1.22. The molecule has 0 spiro atoms. The highest BCUT2D eigenvalue weighted by atomic mass is 35.5. The van der Waals surface area contributed by atoms with E-state index in [1.54, 1.807) is 0 Å². The van der Waals surface area contributed by atoms with E-state index in [0.717, 1.165) is 5.56 Å². The molecule has 15 heavy (non-hydrogen) atoms. The highest BCUT2D eigenvalue weighted by Gasteiger charge is 2.09. The Morgan fingerprint density at radius 2 is 2.07 bits per heavy atom. The molecule has 0 saturated carbocycles. The van der Waals surface area contributed by atoms with Gasteiger partial charge in [0, 0.05) is 0 Å². The summed E-state index contributed by atoms with van der Waals surface area (Å²) in [5, 5.41) is 16.4. The predicted octanol–water partition coefficient (Wildman–Crippen LogP) is 1.85. The van der Waals surface area contributed by atoms with Gasteiger partial charge in [0.05, 0.1) is 6.54 Å². The third-order valence-electron chi connectivity index (χ3n) is 1.96. The number of benzene rings is 1. The van der Waals surface area contributed by atoms with Crippen LogP contribution in [0, 0.1) is 11.3 Å². The maximum Gasteiger partial charge on any atom is 0.201 e. The van der Waals surface area contributed by atoms with E-state index in [1.807, 2.05) is 36.4 Å². The number of nitriles is 1. The number of nitrogens with zero attached hydrogens (tertiary/aromatic N) is 4. The summed E-state index contributed by atoms with van der Waals surface area (Å²) in [6.07, 6.45) is 0. The van der Waals surface area contributed by atoms with E-state index in [0.29, 0.717) is 6.54 Å². The van der Waals surface area contributed by atoms with Crippen LogP contribution in [0.3, 0.4) is 0 Å². The van der Waals surface area contributed by atoms with Crippen LogP contribution >= 0.6 is 11.6 Å². The average Bonchev–Trinajstić information content (AvgIpc) is 2.62. The normalized spacial score (nSPS) is 9.87. The zero-order valence-electron chi connectivity index (χ0n) is 7.76. The minimum atomic E-state index is 0.160. The summed E-state index contributed by atoms with van der Waals surface area (Å²) in [6.45, 7) is 0.522. The molecule has 0 bridgehead atoms. The summed E-state index contributed by atoms with van der Waals surface area (Å²) in [6, 6.07) is 11.6. The number of hydrogen-bond acceptors (Lipinski definition) is 3. The molecule has 4 nitrogen and oxygen atoms in total. The molecule has 0 aliphatic carbocycles. The summed E-state index contributed by atoms with van der Waals surface area (Å²) >= 11 is 5.89. The highest BCUT2D eigenvalue weighted by molar-refractivity contribution is 6.30. The fourth-order valence-corrected chi connectivity index (χ4v) is 1.40. The zero-order chi connectivity index (χ0) is 10.7. The van der Waals surface area contributed by atoms with E-state index >= 15 is 0 Å². The van der Waals surface area contributed by atoms with Crippen LogP contribution in [-0.4, -0.2) is 15.0 Å². The van der Waals surface area contributed by atoms with Gasteiger partial charge in [-0.05, 0) is 5.56 Å². The monoisotopic (exact) mass is 218 g/mol. The van der Waals surface area contributed by atoms with Gasteiger partial charge in [0.2, 0.25) is 5.69 Å². The first kappa shape index (κ1) is 9.69. The Labute approximate surface area is 91.7 Å². The van der Waals surface area contributed by atoms with E-state index in [1.165, 1.54) is 4.68 Å². The number of rotatable bonds is 2. The first-order valence-corrected chi connectivity index (χ1v) is 4.72. The lowest BCUT2D eigenvalue weighted by molar-refractivity contribution is 0.650. The predicted molar refractivity (Wildman–Crippen MR) is 55.3 cm³/mol. The molecule has 74 valence electrons. The molecule has 1 aromatic carbocycles. The minimum absolute atomic E-state index is 0.160. The second-order valence-electron chi connectivity index (χ2n) is 2.98. The molecule has 0 amide bonds. The Balaban J connectivity index is 2.26. The molecular formula is C10H7ClN4. The van der Waals surface area contributed by atoms with Crippen molar-refractivity contribution in [3.8, 4) is 6.07 Å². The SMILES string of the molecule is N#Cc1nnn(Cc2ccccc2)c1Cl. The van der Waals surface area contributed by atoms with Crippen LogP contribution in [0.1, 0.15) is 11.3 Å². The van der Waals surface area contributed by atoms with Gasteiger partial charge >= 0.3 is 0 Å². The topological polar surface area (TPSA) is 54.5 Å². The lowest BCUT2D eigenvalue weighted by atomic mass is 10.2. The second kappa shape index (κ2) is 4.11. The molecule has 0 aliphatic rings. The average molecular weight is 219 g/mol. The second-order valence-corrected chi connectivity index (χ2v) is 3.34. The van der Waals surface area contributed by atoms with Gasteiger partial charge in [0.25, 0.3) is 0 Å². The van der Waals surface area contributed by atoms with E-state index in [2.05, 4.69) is 10.3 Å². The van der Waals surface area contributed by atoms with Gasteiger partial charge in [0.1, 0.15) is 6.07 Å². The van der Waals surface area contributed by atoms with E-state index in [-0.39, 0.29) is 10.8 Å². The first-order chi connectivity index (χ1) is 7.31. The van der Waals surface area contributed by atoms with Crippen LogP contribution in [0.4, 0.5) is 0 Å². The Kier molecular flexibility index (Phi) is 2.66. The molecule has 0 radical (unpaired) electrons. The minimum Gasteiger partial charge on any atom is -0.228 e. The van der Waals surface area contributed by atoms with Crippen LogP contribution in [0.5, 0.6) is 0 Å². The van der Waals surface area contributed by atoms with Gasteiger partial charge in [-0.2, -0.15) is 5.26 Å². The molecule has 0 saturated heterocycles. The fraction of sp³-hybridized carbons (Fsp3) is 0.100. The Morgan fingerprint density at radius 3 is 2.67 bits per heavy atom. The van der Waals surface area contributed by atoms with Crippen molar-refractivity contribution >= 4 is 11.6 Å². The third kappa shape index (κ3) is 1.97. The molecule has 0 unspecified atom stereocenters. The lowest BCUT2D eigenvalue weighted by Crippen LogP contribution is -2.01. The van der Waals surface area contributed by atoms with Gasteiger partial charge in [-0.25, -0.2) is 4.68 Å².